The highest BCUT2D eigenvalue weighted by Gasteiger charge is 2.27. The van der Waals surface area contributed by atoms with Crippen LogP contribution in [0.3, 0.4) is 0 Å². The van der Waals surface area contributed by atoms with Gasteiger partial charge in [-0.1, -0.05) is 30.3 Å². The summed E-state index contributed by atoms with van der Waals surface area (Å²) in [6, 6.07) is 14.9. The second kappa shape index (κ2) is 11.7. The van der Waals surface area contributed by atoms with Gasteiger partial charge in [-0.05, 0) is 44.4 Å². The molecule has 0 radical (unpaired) electrons. The van der Waals surface area contributed by atoms with Crippen molar-refractivity contribution in [3.05, 3.63) is 57.8 Å². The van der Waals surface area contributed by atoms with Crippen LogP contribution in [0.2, 0.25) is 0 Å². The molecule has 0 bridgehead atoms. The maximum atomic E-state index is 6.10. The van der Waals surface area contributed by atoms with Gasteiger partial charge in [0.25, 0.3) is 0 Å². The third kappa shape index (κ3) is 6.76. The summed E-state index contributed by atoms with van der Waals surface area (Å²) in [5.74, 6) is 1.34. The van der Waals surface area contributed by atoms with Crippen LogP contribution in [0.25, 0.3) is 0 Å². The molecule has 1 fully saturated rings. The van der Waals surface area contributed by atoms with Gasteiger partial charge in [-0.2, -0.15) is 0 Å². The van der Waals surface area contributed by atoms with E-state index < -0.39 is 0 Å². The molecule has 2 N–H and O–H groups in total. The summed E-state index contributed by atoms with van der Waals surface area (Å²) in [6.45, 7) is 7.53. The molecule has 0 saturated carbocycles. The van der Waals surface area contributed by atoms with E-state index in [2.05, 4.69) is 66.9 Å². The van der Waals surface area contributed by atoms with Gasteiger partial charge in [0.05, 0.1) is 12.6 Å². The van der Waals surface area contributed by atoms with Crippen LogP contribution in [0.15, 0.2) is 47.5 Å². The van der Waals surface area contributed by atoms with Crippen molar-refractivity contribution in [1.82, 2.24) is 10.6 Å². The van der Waals surface area contributed by atoms with Crippen LogP contribution >= 0.6 is 35.3 Å². The molecule has 1 aromatic carbocycles. The van der Waals surface area contributed by atoms with Crippen molar-refractivity contribution in [1.29, 1.82) is 0 Å². The van der Waals surface area contributed by atoms with E-state index in [1.807, 2.05) is 11.3 Å². The average molecular weight is 499 g/mol. The van der Waals surface area contributed by atoms with Crippen molar-refractivity contribution in [2.24, 2.45) is 10.9 Å². The highest BCUT2D eigenvalue weighted by molar-refractivity contribution is 14.0. The van der Waals surface area contributed by atoms with Crippen LogP contribution in [0, 0.1) is 12.8 Å². The first-order valence-electron chi connectivity index (χ1n) is 9.50. The van der Waals surface area contributed by atoms with Crippen molar-refractivity contribution in [2.45, 2.75) is 39.3 Å². The van der Waals surface area contributed by atoms with E-state index in [1.165, 1.54) is 21.7 Å². The predicted molar refractivity (Wildman–Crippen MR) is 125 cm³/mol. The number of guanidine groups is 1. The number of hydrogen-bond donors (Lipinski definition) is 2. The molecule has 2 unspecified atom stereocenters. The minimum absolute atomic E-state index is 0. The van der Waals surface area contributed by atoms with Crippen molar-refractivity contribution in [3.63, 3.8) is 0 Å². The van der Waals surface area contributed by atoms with Gasteiger partial charge in [0, 0.05) is 35.4 Å². The highest BCUT2D eigenvalue weighted by Crippen LogP contribution is 2.33. The monoisotopic (exact) mass is 499 g/mol. The standard InChI is InChI=1S/C21H29N3OS.HI/c1-3-22-21(24-15-19-12-11-16(2)26-19)23-14-18-10-7-13-25-20(18)17-8-5-4-6-9-17;/h4-6,8-9,11-12,18,20H,3,7,10,13-15H2,1-2H3,(H2,22,23,24);1H. The number of nitrogens with one attached hydrogen (secondary N) is 2. The predicted octanol–water partition coefficient (Wildman–Crippen LogP) is 4.90. The maximum Gasteiger partial charge on any atom is 0.191 e. The minimum Gasteiger partial charge on any atom is -0.373 e. The lowest BCUT2D eigenvalue weighted by molar-refractivity contribution is -0.0265. The third-order valence-electron chi connectivity index (χ3n) is 4.64. The van der Waals surface area contributed by atoms with E-state index in [4.69, 9.17) is 9.73 Å². The summed E-state index contributed by atoms with van der Waals surface area (Å²) < 4.78 is 6.10. The Bertz CT molecular complexity index is 704. The lowest BCUT2D eigenvalue weighted by Gasteiger charge is -2.32. The smallest absolute Gasteiger partial charge is 0.191 e. The summed E-state index contributed by atoms with van der Waals surface area (Å²) in [5, 5.41) is 6.89. The van der Waals surface area contributed by atoms with Crippen LogP contribution in [0.5, 0.6) is 0 Å². The topological polar surface area (TPSA) is 45.7 Å². The van der Waals surface area contributed by atoms with E-state index in [-0.39, 0.29) is 30.1 Å². The quantitative estimate of drug-likeness (QED) is 0.338. The first-order valence-corrected chi connectivity index (χ1v) is 10.3. The van der Waals surface area contributed by atoms with E-state index >= 15 is 0 Å². The summed E-state index contributed by atoms with van der Waals surface area (Å²) in [6.07, 6.45) is 2.47. The molecule has 3 rings (SSSR count). The zero-order valence-electron chi connectivity index (χ0n) is 16.1. The molecule has 0 amide bonds. The molecule has 148 valence electrons. The van der Waals surface area contributed by atoms with Crippen LogP contribution in [-0.2, 0) is 11.3 Å². The van der Waals surface area contributed by atoms with Gasteiger partial charge in [0.1, 0.15) is 0 Å². The van der Waals surface area contributed by atoms with Crippen molar-refractivity contribution in [2.75, 3.05) is 19.7 Å². The molecule has 1 saturated heterocycles. The largest absolute Gasteiger partial charge is 0.373 e. The number of ether oxygens (including phenoxy) is 1. The van der Waals surface area contributed by atoms with Gasteiger partial charge in [0.2, 0.25) is 0 Å². The highest BCUT2D eigenvalue weighted by atomic mass is 127. The third-order valence-corrected chi connectivity index (χ3v) is 5.62. The van der Waals surface area contributed by atoms with Crippen LogP contribution in [-0.4, -0.2) is 25.7 Å². The molecule has 2 heterocycles. The summed E-state index contributed by atoms with van der Waals surface area (Å²) in [4.78, 5) is 7.37. The molecule has 2 atom stereocenters. The molecule has 6 heteroatoms. The molecular formula is C21H30IN3OS. The number of benzene rings is 1. The molecular weight excluding hydrogens is 469 g/mol. The molecule has 1 aliphatic rings. The summed E-state index contributed by atoms with van der Waals surface area (Å²) in [5.41, 5.74) is 1.27. The normalized spacial score (nSPS) is 20.0. The zero-order chi connectivity index (χ0) is 18.2. The molecule has 2 aromatic rings. The second-order valence-electron chi connectivity index (χ2n) is 6.69. The van der Waals surface area contributed by atoms with Crippen LogP contribution < -0.4 is 10.6 Å². The Kier molecular flexibility index (Phi) is 9.58. The fraction of sp³-hybridized carbons (Fsp3) is 0.476. The molecule has 27 heavy (non-hydrogen) atoms. The molecule has 0 aliphatic carbocycles. The molecule has 4 nitrogen and oxygen atoms in total. The molecule has 1 aliphatic heterocycles. The Balaban J connectivity index is 0.00000261. The number of aliphatic imine (C=N–C) groups is 1. The molecule has 1 aromatic heterocycles. The zero-order valence-corrected chi connectivity index (χ0v) is 19.3. The number of hydrogen-bond acceptors (Lipinski definition) is 3. The molecule has 0 spiro atoms. The Morgan fingerprint density at radius 2 is 2.00 bits per heavy atom. The van der Waals surface area contributed by atoms with Gasteiger partial charge in [-0.15, -0.1) is 35.3 Å². The Hall–Kier alpha value is -1.12. The summed E-state index contributed by atoms with van der Waals surface area (Å²) in [7, 11) is 0. The van der Waals surface area contributed by atoms with Gasteiger partial charge in [-0.3, -0.25) is 0 Å². The fourth-order valence-electron chi connectivity index (χ4n) is 3.36. The Labute approximate surface area is 183 Å². The van der Waals surface area contributed by atoms with E-state index in [0.29, 0.717) is 5.92 Å². The van der Waals surface area contributed by atoms with Gasteiger partial charge >= 0.3 is 0 Å². The first kappa shape index (κ1) is 22.2. The van der Waals surface area contributed by atoms with Gasteiger partial charge < -0.3 is 15.4 Å². The lowest BCUT2D eigenvalue weighted by Crippen LogP contribution is -2.42. The Morgan fingerprint density at radius 1 is 1.19 bits per heavy atom. The van der Waals surface area contributed by atoms with Crippen molar-refractivity contribution >= 4 is 41.3 Å². The number of thiophene rings is 1. The maximum absolute atomic E-state index is 6.10. The SMILES string of the molecule is CCNC(=NCc1ccc(C)s1)NCC1CCCOC1c1ccccc1.I. The number of halogens is 1. The van der Waals surface area contributed by atoms with Crippen molar-refractivity contribution in [3.8, 4) is 0 Å². The van der Waals surface area contributed by atoms with E-state index in [1.54, 1.807) is 0 Å². The van der Waals surface area contributed by atoms with Gasteiger partial charge in [-0.25, -0.2) is 4.99 Å². The van der Waals surface area contributed by atoms with Crippen molar-refractivity contribution < 1.29 is 4.74 Å². The first-order chi connectivity index (χ1) is 12.8. The number of nitrogens with zero attached hydrogens (tertiary/aromatic N) is 1. The fourth-order valence-corrected chi connectivity index (χ4v) is 4.17. The number of aryl methyl sites for hydroxylation is 1. The second-order valence-corrected chi connectivity index (χ2v) is 8.07. The number of rotatable bonds is 6. The van der Waals surface area contributed by atoms with Gasteiger partial charge in [0.15, 0.2) is 5.96 Å². The van der Waals surface area contributed by atoms with Crippen LogP contribution in [0.1, 0.15) is 41.2 Å². The minimum atomic E-state index is 0. The van der Waals surface area contributed by atoms with Crippen LogP contribution in [0.4, 0.5) is 0 Å². The average Bonchev–Trinajstić information content (AvgIpc) is 3.10. The lowest BCUT2D eigenvalue weighted by atomic mass is 9.89. The van der Waals surface area contributed by atoms with E-state index in [9.17, 15) is 0 Å². The summed E-state index contributed by atoms with van der Waals surface area (Å²) >= 11 is 1.81. The van der Waals surface area contributed by atoms with E-state index in [0.717, 1.165) is 38.6 Å². The Morgan fingerprint density at radius 3 is 2.70 bits per heavy atom.